The summed E-state index contributed by atoms with van der Waals surface area (Å²) >= 11 is 0. The highest BCUT2D eigenvalue weighted by atomic mass is 16.5. The molecule has 1 aromatic heterocycles. The number of hydrogen-bond donors (Lipinski definition) is 2. The number of ether oxygens (including phenoxy) is 1. The molecule has 0 radical (unpaired) electrons. The zero-order chi connectivity index (χ0) is 15.8. The molecule has 0 fully saturated rings. The van der Waals surface area contributed by atoms with E-state index < -0.39 is 0 Å². The predicted octanol–water partition coefficient (Wildman–Crippen LogP) is 3.27. The second kappa shape index (κ2) is 8.22. The van der Waals surface area contributed by atoms with Crippen LogP contribution in [0.5, 0.6) is 5.75 Å². The summed E-state index contributed by atoms with van der Waals surface area (Å²) in [4.78, 5) is 8.80. The number of methoxy groups -OCH3 is 1. The van der Waals surface area contributed by atoms with Crippen LogP contribution in [0.3, 0.4) is 0 Å². The van der Waals surface area contributed by atoms with E-state index in [1.807, 2.05) is 25.1 Å². The zero-order valence-electron chi connectivity index (χ0n) is 13.5. The first-order valence-corrected chi connectivity index (χ1v) is 7.67. The molecule has 1 heterocycles. The Kier molecular flexibility index (Phi) is 6.01. The van der Waals surface area contributed by atoms with E-state index in [2.05, 4.69) is 39.7 Å². The fourth-order valence-corrected chi connectivity index (χ4v) is 2.16. The Labute approximate surface area is 132 Å². The first-order chi connectivity index (χ1) is 10.7. The Balaban J connectivity index is 1.91. The molecule has 2 N–H and O–H groups in total. The number of benzene rings is 1. The Morgan fingerprint density at radius 1 is 1.05 bits per heavy atom. The lowest BCUT2D eigenvalue weighted by Crippen LogP contribution is -2.09. The van der Waals surface area contributed by atoms with Crippen molar-refractivity contribution in [1.82, 2.24) is 9.97 Å². The van der Waals surface area contributed by atoms with Crippen LogP contribution in [0.1, 0.15) is 24.7 Å². The molecular weight excluding hydrogens is 276 g/mol. The summed E-state index contributed by atoms with van der Waals surface area (Å²) in [7, 11) is 1.69. The van der Waals surface area contributed by atoms with Gasteiger partial charge in [-0.1, -0.05) is 19.1 Å². The molecule has 0 unspecified atom stereocenters. The Morgan fingerprint density at radius 2 is 1.77 bits per heavy atom. The molecule has 2 aromatic rings. The predicted molar refractivity (Wildman–Crippen MR) is 90.7 cm³/mol. The number of aryl methyl sites for hydroxylation is 1. The van der Waals surface area contributed by atoms with Crippen molar-refractivity contribution >= 4 is 11.6 Å². The van der Waals surface area contributed by atoms with Gasteiger partial charge in [0.2, 0.25) is 0 Å². The van der Waals surface area contributed by atoms with Gasteiger partial charge in [0.15, 0.2) is 0 Å². The fourth-order valence-electron chi connectivity index (χ4n) is 2.16. The molecule has 0 aliphatic heterocycles. The summed E-state index contributed by atoms with van der Waals surface area (Å²) in [6, 6.07) is 10.1. The van der Waals surface area contributed by atoms with Gasteiger partial charge in [0, 0.05) is 19.2 Å². The lowest BCUT2D eigenvalue weighted by Gasteiger charge is -2.10. The molecule has 0 bridgehead atoms. The quantitative estimate of drug-likeness (QED) is 0.783. The highest BCUT2D eigenvalue weighted by molar-refractivity contribution is 5.47. The van der Waals surface area contributed by atoms with Crippen LogP contribution in [0.15, 0.2) is 30.3 Å². The largest absolute Gasteiger partial charge is 0.497 e. The monoisotopic (exact) mass is 300 g/mol. The molecule has 0 spiro atoms. The van der Waals surface area contributed by atoms with Gasteiger partial charge < -0.3 is 15.4 Å². The lowest BCUT2D eigenvalue weighted by atomic mass is 10.1. The molecule has 0 saturated carbocycles. The number of rotatable bonds is 8. The SMILES string of the molecule is CCCNc1cc(NCCc2cccc(OC)c2)nc(C)n1. The molecule has 0 aliphatic carbocycles. The molecule has 22 heavy (non-hydrogen) atoms. The number of nitrogens with zero attached hydrogens (tertiary/aromatic N) is 2. The number of nitrogens with one attached hydrogen (secondary N) is 2. The maximum atomic E-state index is 5.24. The van der Waals surface area contributed by atoms with Crippen molar-refractivity contribution in [2.24, 2.45) is 0 Å². The molecule has 2 rings (SSSR count). The van der Waals surface area contributed by atoms with E-state index >= 15 is 0 Å². The van der Waals surface area contributed by atoms with Crippen LogP contribution in [0.4, 0.5) is 11.6 Å². The van der Waals surface area contributed by atoms with Crippen LogP contribution in [0, 0.1) is 6.92 Å². The van der Waals surface area contributed by atoms with Gasteiger partial charge >= 0.3 is 0 Å². The van der Waals surface area contributed by atoms with Crippen molar-refractivity contribution in [2.45, 2.75) is 26.7 Å². The summed E-state index contributed by atoms with van der Waals surface area (Å²) in [5, 5.41) is 6.65. The summed E-state index contributed by atoms with van der Waals surface area (Å²) < 4.78 is 5.24. The van der Waals surface area contributed by atoms with Gasteiger partial charge in [0.05, 0.1) is 7.11 Å². The van der Waals surface area contributed by atoms with E-state index in [9.17, 15) is 0 Å². The molecule has 0 aliphatic rings. The van der Waals surface area contributed by atoms with Crippen molar-refractivity contribution < 1.29 is 4.74 Å². The molecule has 0 amide bonds. The average molecular weight is 300 g/mol. The van der Waals surface area contributed by atoms with E-state index in [1.165, 1.54) is 5.56 Å². The van der Waals surface area contributed by atoms with E-state index in [1.54, 1.807) is 7.11 Å². The second-order valence-corrected chi connectivity index (χ2v) is 5.14. The molecular formula is C17H24N4O. The van der Waals surface area contributed by atoms with Crippen LogP contribution in [-0.2, 0) is 6.42 Å². The van der Waals surface area contributed by atoms with Crippen LogP contribution in [0.2, 0.25) is 0 Å². The lowest BCUT2D eigenvalue weighted by molar-refractivity contribution is 0.414. The molecule has 1 aromatic carbocycles. The van der Waals surface area contributed by atoms with Gasteiger partial charge in [-0.15, -0.1) is 0 Å². The second-order valence-electron chi connectivity index (χ2n) is 5.14. The topological polar surface area (TPSA) is 59.1 Å². The third kappa shape index (κ3) is 4.91. The third-order valence-corrected chi connectivity index (χ3v) is 3.25. The molecule has 0 saturated heterocycles. The van der Waals surface area contributed by atoms with E-state index in [-0.39, 0.29) is 0 Å². The van der Waals surface area contributed by atoms with Crippen molar-refractivity contribution in [3.05, 3.63) is 41.7 Å². The van der Waals surface area contributed by atoms with Gasteiger partial charge in [-0.3, -0.25) is 0 Å². The smallest absolute Gasteiger partial charge is 0.131 e. The minimum Gasteiger partial charge on any atom is -0.497 e. The van der Waals surface area contributed by atoms with Crippen LogP contribution in [-0.4, -0.2) is 30.2 Å². The summed E-state index contributed by atoms with van der Waals surface area (Å²) in [5.41, 5.74) is 1.24. The first-order valence-electron chi connectivity index (χ1n) is 7.67. The minimum atomic E-state index is 0.769. The summed E-state index contributed by atoms with van der Waals surface area (Å²) in [6.07, 6.45) is 1.99. The minimum absolute atomic E-state index is 0.769. The standard InChI is InChI=1S/C17H24N4O/c1-4-9-18-16-12-17(21-13(2)20-16)19-10-8-14-6-5-7-15(11-14)22-3/h5-7,11-12H,4,8-10H2,1-3H3,(H2,18,19,20,21). The van der Waals surface area contributed by atoms with Crippen molar-refractivity contribution in [1.29, 1.82) is 0 Å². The summed E-state index contributed by atoms with van der Waals surface area (Å²) in [6.45, 7) is 5.77. The van der Waals surface area contributed by atoms with Gasteiger partial charge in [0.1, 0.15) is 23.2 Å². The first kappa shape index (κ1) is 16.1. The van der Waals surface area contributed by atoms with E-state index in [4.69, 9.17) is 4.74 Å². The fraction of sp³-hybridized carbons (Fsp3) is 0.412. The Hall–Kier alpha value is -2.30. The average Bonchev–Trinajstić information content (AvgIpc) is 2.53. The molecule has 118 valence electrons. The molecule has 5 heteroatoms. The van der Waals surface area contributed by atoms with Gasteiger partial charge in [-0.05, 0) is 37.5 Å². The van der Waals surface area contributed by atoms with Crippen molar-refractivity contribution in [3.8, 4) is 5.75 Å². The zero-order valence-corrected chi connectivity index (χ0v) is 13.5. The van der Waals surface area contributed by atoms with Crippen LogP contribution >= 0.6 is 0 Å². The van der Waals surface area contributed by atoms with Crippen molar-refractivity contribution in [2.75, 3.05) is 30.8 Å². The molecule has 0 atom stereocenters. The number of aromatic nitrogens is 2. The highest BCUT2D eigenvalue weighted by Gasteiger charge is 2.02. The normalized spacial score (nSPS) is 10.3. The summed E-state index contributed by atoms with van der Waals surface area (Å²) in [5.74, 6) is 3.39. The van der Waals surface area contributed by atoms with E-state index in [0.29, 0.717) is 0 Å². The van der Waals surface area contributed by atoms with Gasteiger partial charge in [-0.25, -0.2) is 9.97 Å². The van der Waals surface area contributed by atoms with Gasteiger partial charge in [0.25, 0.3) is 0 Å². The Morgan fingerprint density at radius 3 is 2.45 bits per heavy atom. The van der Waals surface area contributed by atoms with Crippen LogP contribution in [0.25, 0.3) is 0 Å². The van der Waals surface area contributed by atoms with Gasteiger partial charge in [-0.2, -0.15) is 0 Å². The number of hydrogen-bond acceptors (Lipinski definition) is 5. The Bertz CT molecular complexity index is 601. The maximum absolute atomic E-state index is 5.24. The van der Waals surface area contributed by atoms with Crippen molar-refractivity contribution in [3.63, 3.8) is 0 Å². The van der Waals surface area contributed by atoms with Crippen LogP contribution < -0.4 is 15.4 Å². The third-order valence-electron chi connectivity index (χ3n) is 3.25. The maximum Gasteiger partial charge on any atom is 0.131 e. The highest BCUT2D eigenvalue weighted by Crippen LogP contribution is 2.14. The van der Waals surface area contributed by atoms with E-state index in [0.717, 1.165) is 49.1 Å². The molecule has 5 nitrogen and oxygen atoms in total. The number of anilines is 2.